The van der Waals surface area contributed by atoms with Gasteiger partial charge in [-0.05, 0) is 30.5 Å². The van der Waals surface area contributed by atoms with Crippen LogP contribution >= 0.6 is 0 Å². The summed E-state index contributed by atoms with van der Waals surface area (Å²) < 4.78 is 4.81. The minimum Gasteiger partial charge on any atom is -0.480 e. The van der Waals surface area contributed by atoms with E-state index in [1.807, 2.05) is 6.07 Å². The number of rotatable bonds is 5. The Hall–Kier alpha value is -2.08. The van der Waals surface area contributed by atoms with Crippen LogP contribution in [0.3, 0.4) is 0 Å². The van der Waals surface area contributed by atoms with Crippen molar-refractivity contribution in [2.45, 2.75) is 18.9 Å². The van der Waals surface area contributed by atoms with Crippen LogP contribution in [0.1, 0.15) is 22.3 Å². The van der Waals surface area contributed by atoms with Crippen molar-refractivity contribution in [2.24, 2.45) is 0 Å². The maximum Gasteiger partial charge on any atom is 0.328 e. The summed E-state index contributed by atoms with van der Waals surface area (Å²) in [5.41, 5.74) is 2.41. The lowest BCUT2D eigenvalue weighted by atomic mass is 9.97. The van der Waals surface area contributed by atoms with Crippen molar-refractivity contribution in [3.8, 4) is 0 Å². The molecule has 1 atom stereocenters. The normalized spacial score (nSPS) is 14.8. The van der Waals surface area contributed by atoms with Gasteiger partial charge in [0.1, 0.15) is 0 Å². The zero-order chi connectivity index (χ0) is 14.5. The Morgan fingerprint density at radius 3 is 3.00 bits per heavy atom. The molecule has 1 aliphatic heterocycles. The molecular weight excluding hydrogens is 260 g/mol. The van der Waals surface area contributed by atoms with E-state index in [0.717, 1.165) is 30.6 Å². The van der Waals surface area contributed by atoms with Gasteiger partial charge in [-0.15, -0.1) is 0 Å². The third kappa shape index (κ3) is 3.08. The number of hydrogen-bond acceptors (Lipinski definition) is 4. The van der Waals surface area contributed by atoms with E-state index in [1.165, 1.54) is 7.11 Å². The van der Waals surface area contributed by atoms with Crippen molar-refractivity contribution >= 4 is 17.6 Å². The van der Waals surface area contributed by atoms with Gasteiger partial charge in [-0.1, -0.05) is 6.07 Å². The lowest BCUT2D eigenvalue weighted by molar-refractivity contribution is -0.140. The average Bonchev–Trinajstić information content (AvgIpc) is 2.46. The SMILES string of the molecule is COCC(NC(=O)c1cccc2c1CCCN2)C(=O)O. The number of nitrogens with one attached hydrogen (secondary N) is 2. The van der Waals surface area contributed by atoms with Gasteiger partial charge in [0.05, 0.1) is 6.61 Å². The van der Waals surface area contributed by atoms with Gasteiger partial charge in [-0.2, -0.15) is 0 Å². The molecule has 0 bridgehead atoms. The predicted molar refractivity (Wildman–Crippen MR) is 74.0 cm³/mol. The minimum atomic E-state index is -1.11. The third-order valence-electron chi connectivity index (χ3n) is 3.28. The molecule has 0 saturated carbocycles. The summed E-state index contributed by atoms with van der Waals surface area (Å²) in [5, 5.41) is 14.8. The molecule has 1 heterocycles. The number of carbonyl (C=O) groups is 2. The van der Waals surface area contributed by atoms with Crippen molar-refractivity contribution in [1.29, 1.82) is 0 Å². The summed E-state index contributed by atoms with van der Waals surface area (Å²) in [6.07, 6.45) is 1.77. The van der Waals surface area contributed by atoms with Crippen LogP contribution < -0.4 is 10.6 Å². The first-order valence-corrected chi connectivity index (χ1v) is 6.52. The van der Waals surface area contributed by atoms with Crippen molar-refractivity contribution in [3.05, 3.63) is 29.3 Å². The summed E-state index contributed by atoms with van der Waals surface area (Å²) in [6, 6.07) is 4.39. The van der Waals surface area contributed by atoms with Gasteiger partial charge >= 0.3 is 5.97 Å². The van der Waals surface area contributed by atoms with E-state index in [2.05, 4.69) is 10.6 Å². The summed E-state index contributed by atoms with van der Waals surface area (Å²) >= 11 is 0. The largest absolute Gasteiger partial charge is 0.480 e. The first kappa shape index (κ1) is 14.3. The number of benzene rings is 1. The molecule has 0 radical (unpaired) electrons. The highest BCUT2D eigenvalue weighted by atomic mass is 16.5. The summed E-state index contributed by atoms with van der Waals surface area (Å²) in [5.74, 6) is -1.49. The van der Waals surface area contributed by atoms with E-state index in [4.69, 9.17) is 9.84 Å². The van der Waals surface area contributed by atoms with Gasteiger partial charge < -0.3 is 20.5 Å². The molecule has 3 N–H and O–H groups in total. The number of carboxylic acids is 1. The highest BCUT2D eigenvalue weighted by molar-refractivity contribution is 5.99. The summed E-state index contributed by atoms with van der Waals surface area (Å²) in [4.78, 5) is 23.3. The first-order valence-electron chi connectivity index (χ1n) is 6.52. The molecule has 1 aromatic carbocycles. The number of fused-ring (bicyclic) bond motifs is 1. The molecule has 0 spiro atoms. The molecule has 0 aromatic heterocycles. The fourth-order valence-corrected chi connectivity index (χ4v) is 2.30. The van der Waals surface area contributed by atoms with Gasteiger partial charge in [-0.3, -0.25) is 4.79 Å². The topological polar surface area (TPSA) is 87.7 Å². The molecule has 108 valence electrons. The van der Waals surface area contributed by atoms with Crippen molar-refractivity contribution < 1.29 is 19.4 Å². The van der Waals surface area contributed by atoms with E-state index in [-0.39, 0.29) is 12.5 Å². The number of carbonyl (C=O) groups excluding carboxylic acids is 1. The van der Waals surface area contributed by atoms with Crippen LogP contribution in [0.4, 0.5) is 5.69 Å². The smallest absolute Gasteiger partial charge is 0.328 e. The number of aliphatic carboxylic acids is 1. The third-order valence-corrected chi connectivity index (χ3v) is 3.28. The van der Waals surface area contributed by atoms with Crippen molar-refractivity contribution in [1.82, 2.24) is 5.32 Å². The van der Waals surface area contributed by atoms with E-state index in [9.17, 15) is 9.59 Å². The van der Waals surface area contributed by atoms with Crippen molar-refractivity contribution in [3.63, 3.8) is 0 Å². The van der Waals surface area contributed by atoms with Crippen LogP contribution in [-0.2, 0) is 16.0 Å². The highest BCUT2D eigenvalue weighted by Crippen LogP contribution is 2.25. The molecule has 1 aromatic rings. The molecule has 6 nitrogen and oxygen atoms in total. The molecule has 0 aliphatic carbocycles. The lowest BCUT2D eigenvalue weighted by Crippen LogP contribution is -2.44. The Bertz CT molecular complexity index is 516. The Morgan fingerprint density at radius 1 is 1.50 bits per heavy atom. The van der Waals surface area contributed by atoms with Crippen LogP contribution in [-0.4, -0.2) is 43.3 Å². The zero-order valence-electron chi connectivity index (χ0n) is 11.3. The Labute approximate surface area is 117 Å². The van der Waals surface area contributed by atoms with Crippen LogP contribution in [0.15, 0.2) is 18.2 Å². The molecule has 1 unspecified atom stereocenters. The number of carboxylic acid groups (broad SMARTS) is 1. The number of anilines is 1. The second-order valence-corrected chi connectivity index (χ2v) is 4.68. The number of hydrogen-bond donors (Lipinski definition) is 3. The second kappa shape index (κ2) is 6.38. The van der Waals surface area contributed by atoms with Crippen LogP contribution in [0.2, 0.25) is 0 Å². The first-order chi connectivity index (χ1) is 9.63. The fraction of sp³-hybridized carbons (Fsp3) is 0.429. The average molecular weight is 278 g/mol. The highest BCUT2D eigenvalue weighted by Gasteiger charge is 2.23. The van der Waals surface area contributed by atoms with Gasteiger partial charge in [0.2, 0.25) is 0 Å². The zero-order valence-corrected chi connectivity index (χ0v) is 11.3. The summed E-state index contributed by atoms with van der Waals surface area (Å²) in [7, 11) is 1.40. The minimum absolute atomic E-state index is 0.0612. The quantitative estimate of drug-likeness (QED) is 0.744. The number of ether oxygens (including phenoxy) is 1. The molecule has 20 heavy (non-hydrogen) atoms. The van der Waals surface area contributed by atoms with Gasteiger partial charge in [-0.25, -0.2) is 4.79 Å². The van der Waals surface area contributed by atoms with Crippen LogP contribution in [0.25, 0.3) is 0 Å². The summed E-state index contributed by atoms with van der Waals surface area (Å²) in [6.45, 7) is 0.827. The maximum absolute atomic E-state index is 12.2. The fourth-order valence-electron chi connectivity index (χ4n) is 2.30. The van der Waals surface area contributed by atoms with E-state index in [0.29, 0.717) is 5.56 Å². The van der Waals surface area contributed by atoms with Gasteiger partial charge in [0.15, 0.2) is 6.04 Å². The van der Waals surface area contributed by atoms with Crippen LogP contribution in [0.5, 0.6) is 0 Å². The molecule has 6 heteroatoms. The predicted octanol–water partition coefficient (Wildman–Crippen LogP) is 0.874. The second-order valence-electron chi connectivity index (χ2n) is 4.68. The number of methoxy groups -OCH3 is 1. The Kier molecular flexibility index (Phi) is 4.57. The van der Waals surface area contributed by atoms with Gasteiger partial charge in [0.25, 0.3) is 5.91 Å². The molecular formula is C14H18N2O4. The molecule has 2 rings (SSSR count). The van der Waals surface area contributed by atoms with Crippen molar-refractivity contribution in [2.75, 3.05) is 25.6 Å². The molecule has 0 fully saturated rings. The lowest BCUT2D eigenvalue weighted by Gasteiger charge is -2.21. The standard InChI is InChI=1S/C14H18N2O4/c1-20-8-12(14(18)19)16-13(17)10-4-2-6-11-9(10)5-3-7-15-11/h2,4,6,12,15H,3,5,7-8H2,1H3,(H,16,17)(H,18,19). The van der Waals surface area contributed by atoms with E-state index < -0.39 is 12.0 Å². The van der Waals surface area contributed by atoms with E-state index in [1.54, 1.807) is 12.1 Å². The number of amides is 1. The van der Waals surface area contributed by atoms with Crippen LogP contribution in [0, 0.1) is 0 Å². The Morgan fingerprint density at radius 2 is 2.30 bits per heavy atom. The maximum atomic E-state index is 12.2. The van der Waals surface area contributed by atoms with E-state index >= 15 is 0 Å². The monoisotopic (exact) mass is 278 g/mol. The molecule has 1 aliphatic rings. The molecule has 1 amide bonds. The Balaban J connectivity index is 2.19. The van der Waals surface area contributed by atoms with Gasteiger partial charge in [0, 0.05) is 24.9 Å². The molecule has 0 saturated heterocycles.